The second kappa shape index (κ2) is 6.98. The van der Waals surface area contributed by atoms with Crippen LogP contribution in [0.3, 0.4) is 0 Å². The van der Waals surface area contributed by atoms with Crippen molar-refractivity contribution in [2.75, 3.05) is 25.1 Å². The van der Waals surface area contributed by atoms with Gasteiger partial charge in [0, 0.05) is 12.3 Å². The van der Waals surface area contributed by atoms with Gasteiger partial charge in [0.05, 0.1) is 17.2 Å². The SMILES string of the molecule is O=C(COC[C@@H]1CCCO1)Nc1ccc(Br)c(F)c1. The fourth-order valence-corrected chi connectivity index (χ4v) is 2.08. The van der Waals surface area contributed by atoms with E-state index < -0.39 is 5.82 Å². The largest absolute Gasteiger partial charge is 0.376 e. The third-order valence-corrected chi connectivity index (χ3v) is 3.41. The molecule has 1 heterocycles. The Morgan fingerprint density at radius 2 is 2.42 bits per heavy atom. The molecule has 0 aromatic heterocycles. The molecule has 1 saturated heterocycles. The molecule has 19 heavy (non-hydrogen) atoms. The summed E-state index contributed by atoms with van der Waals surface area (Å²) in [5.41, 5.74) is 0.409. The summed E-state index contributed by atoms with van der Waals surface area (Å²) in [6.45, 7) is 1.12. The van der Waals surface area contributed by atoms with Gasteiger partial charge in [-0.2, -0.15) is 0 Å². The van der Waals surface area contributed by atoms with E-state index in [2.05, 4.69) is 21.2 Å². The first-order chi connectivity index (χ1) is 9.15. The van der Waals surface area contributed by atoms with Crippen molar-refractivity contribution in [1.82, 2.24) is 0 Å². The lowest BCUT2D eigenvalue weighted by Crippen LogP contribution is -2.22. The normalized spacial score (nSPS) is 18.5. The average Bonchev–Trinajstić information content (AvgIpc) is 2.87. The molecule has 4 nitrogen and oxygen atoms in total. The standard InChI is InChI=1S/C13H15BrFNO3/c14-11-4-3-9(6-12(11)15)16-13(17)8-18-7-10-2-1-5-19-10/h3-4,6,10H,1-2,5,7-8H2,(H,16,17)/t10-/m0/s1. The van der Waals surface area contributed by atoms with Crippen LogP contribution in [0.5, 0.6) is 0 Å². The molecule has 2 rings (SSSR count). The van der Waals surface area contributed by atoms with Gasteiger partial charge < -0.3 is 14.8 Å². The molecule has 1 aromatic carbocycles. The molecule has 1 aromatic rings. The molecule has 1 aliphatic rings. The van der Waals surface area contributed by atoms with Crippen LogP contribution in [-0.4, -0.2) is 31.8 Å². The molecule has 0 bridgehead atoms. The number of hydrogen-bond donors (Lipinski definition) is 1. The third-order valence-electron chi connectivity index (χ3n) is 2.76. The molecule has 0 unspecified atom stereocenters. The van der Waals surface area contributed by atoms with Crippen LogP contribution in [0.4, 0.5) is 10.1 Å². The van der Waals surface area contributed by atoms with E-state index in [-0.39, 0.29) is 18.6 Å². The Bertz CT molecular complexity index is 450. The lowest BCUT2D eigenvalue weighted by molar-refractivity contribution is -0.121. The van der Waals surface area contributed by atoms with Crippen molar-refractivity contribution in [3.8, 4) is 0 Å². The summed E-state index contributed by atoms with van der Waals surface area (Å²) in [4.78, 5) is 11.6. The Hall–Kier alpha value is -0.980. The Morgan fingerprint density at radius 1 is 1.58 bits per heavy atom. The van der Waals surface area contributed by atoms with Crippen molar-refractivity contribution in [2.45, 2.75) is 18.9 Å². The van der Waals surface area contributed by atoms with Gasteiger partial charge in [0.25, 0.3) is 0 Å². The van der Waals surface area contributed by atoms with E-state index in [0.29, 0.717) is 16.8 Å². The Labute approximate surface area is 119 Å². The fraction of sp³-hybridized carbons (Fsp3) is 0.462. The van der Waals surface area contributed by atoms with E-state index in [1.165, 1.54) is 12.1 Å². The first kappa shape index (κ1) is 14.4. The molecule has 1 aliphatic heterocycles. The molecular formula is C13H15BrFNO3. The molecule has 1 atom stereocenters. The number of hydrogen-bond acceptors (Lipinski definition) is 3. The maximum Gasteiger partial charge on any atom is 0.250 e. The van der Waals surface area contributed by atoms with Gasteiger partial charge in [-0.25, -0.2) is 4.39 Å². The summed E-state index contributed by atoms with van der Waals surface area (Å²) in [5, 5.41) is 2.57. The van der Waals surface area contributed by atoms with Gasteiger partial charge in [0.15, 0.2) is 0 Å². The second-order valence-corrected chi connectivity index (χ2v) is 5.18. The van der Waals surface area contributed by atoms with E-state index in [4.69, 9.17) is 9.47 Å². The molecule has 0 spiro atoms. The van der Waals surface area contributed by atoms with Crippen molar-refractivity contribution >= 4 is 27.5 Å². The predicted molar refractivity (Wildman–Crippen MR) is 72.5 cm³/mol. The van der Waals surface area contributed by atoms with Crippen LogP contribution in [-0.2, 0) is 14.3 Å². The van der Waals surface area contributed by atoms with Crippen molar-refractivity contribution in [1.29, 1.82) is 0 Å². The van der Waals surface area contributed by atoms with E-state index >= 15 is 0 Å². The highest BCUT2D eigenvalue weighted by molar-refractivity contribution is 9.10. The van der Waals surface area contributed by atoms with Crippen LogP contribution >= 0.6 is 15.9 Å². The number of anilines is 1. The minimum Gasteiger partial charge on any atom is -0.376 e. The summed E-state index contributed by atoms with van der Waals surface area (Å²) in [7, 11) is 0. The molecule has 6 heteroatoms. The van der Waals surface area contributed by atoms with E-state index in [1.807, 2.05) is 0 Å². The van der Waals surface area contributed by atoms with Crippen LogP contribution in [0.2, 0.25) is 0 Å². The van der Waals surface area contributed by atoms with Gasteiger partial charge in [-0.05, 0) is 47.0 Å². The lowest BCUT2D eigenvalue weighted by Gasteiger charge is -2.10. The number of amides is 1. The molecule has 1 N–H and O–H groups in total. The van der Waals surface area contributed by atoms with Crippen molar-refractivity contribution < 1.29 is 18.7 Å². The Balaban J connectivity index is 1.72. The number of benzene rings is 1. The van der Waals surface area contributed by atoms with Gasteiger partial charge in [0.2, 0.25) is 5.91 Å². The highest BCUT2D eigenvalue weighted by Crippen LogP contribution is 2.19. The smallest absolute Gasteiger partial charge is 0.250 e. The average molecular weight is 332 g/mol. The minimum atomic E-state index is -0.418. The van der Waals surface area contributed by atoms with Gasteiger partial charge in [-0.1, -0.05) is 0 Å². The van der Waals surface area contributed by atoms with Crippen LogP contribution in [0.25, 0.3) is 0 Å². The van der Waals surface area contributed by atoms with Crippen LogP contribution in [0.15, 0.2) is 22.7 Å². The zero-order valence-corrected chi connectivity index (χ0v) is 11.9. The number of carbonyl (C=O) groups excluding carboxylic acids is 1. The topological polar surface area (TPSA) is 47.6 Å². The van der Waals surface area contributed by atoms with Gasteiger partial charge in [-0.15, -0.1) is 0 Å². The summed E-state index contributed by atoms with van der Waals surface area (Å²) >= 11 is 3.05. The Morgan fingerprint density at radius 3 is 3.11 bits per heavy atom. The molecule has 1 amide bonds. The number of carbonyl (C=O) groups is 1. The number of rotatable bonds is 5. The van der Waals surface area contributed by atoms with Crippen molar-refractivity contribution in [2.24, 2.45) is 0 Å². The van der Waals surface area contributed by atoms with Crippen molar-refractivity contribution in [3.63, 3.8) is 0 Å². The fourth-order valence-electron chi connectivity index (χ4n) is 1.83. The zero-order chi connectivity index (χ0) is 13.7. The van der Waals surface area contributed by atoms with Gasteiger partial charge in [0.1, 0.15) is 12.4 Å². The lowest BCUT2D eigenvalue weighted by atomic mass is 10.2. The highest BCUT2D eigenvalue weighted by Gasteiger charge is 2.16. The summed E-state index contributed by atoms with van der Waals surface area (Å²) in [6.07, 6.45) is 2.11. The Kier molecular flexibility index (Phi) is 5.30. The van der Waals surface area contributed by atoms with E-state index in [0.717, 1.165) is 19.4 Å². The third kappa shape index (κ3) is 4.56. The van der Waals surface area contributed by atoms with Gasteiger partial charge >= 0.3 is 0 Å². The zero-order valence-electron chi connectivity index (χ0n) is 10.3. The molecule has 0 radical (unpaired) electrons. The highest BCUT2D eigenvalue weighted by atomic mass is 79.9. The molecule has 104 valence electrons. The van der Waals surface area contributed by atoms with Crippen molar-refractivity contribution in [3.05, 3.63) is 28.5 Å². The van der Waals surface area contributed by atoms with E-state index in [1.54, 1.807) is 6.07 Å². The number of halogens is 2. The second-order valence-electron chi connectivity index (χ2n) is 4.33. The summed E-state index contributed by atoms with van der Waals surface area (Å²) < 4.78 is 24.2. The van der Waals surface area contributed by atoms with Gasteiger partial charge in [-0.3, -0.25) is 4.79 Å². The monoisotopic (exact) mass is 331 g/mol. The summed E-state index contributed by atoms with van der Waals surface area (Å²) in [6, 6.07) is 4.41. The quantitative estimate of drug-likeness (QED) is 0.902. The van der Waals surface area contributed by atoms with E-state index in [9.17, 15) is 9.18 Å². The maximum absolute atomic E-state index is 13.2. The first-order valence-electron chi connectivity index (χ1n) is 6.09. The number of ether oxygens (including phenoxy) is 2. The predicted octanol–water partition coefficient (Wildman–Crippen LogP) is 2.72. The molecule has 0 aliphatic carbocycles. The minimum absolute atomic E-state index is 0.0580. The first-order valence-corrected chi connectivity index (χ1v) is 6.88. The van der Waals surface area contributed by atoms with Crippen LogP contribution in [0.1, 0.15) is 12.8 Å². The molecule has 0 saturated carbocycles. The number of nitrogens with one attached hydrogen (secondary N) is 1. The maximum atomic E-state index is 13.2. The van der Waals surface area contributed by atoms with Crippen LogP contribution in [0, 0.1) is 5.82 Å². The van der Waals surface area contributed by atoms with Crippen LogP contribution < -0.4 is 5.32 Å². The summed E-state index contributed by atoms with van der Waals surface area (Å²) in [5.74, 6) is -0.724. The molecular weight excluding hydrogens is 317 g/mol. The molecule has 1 fully saturated rings.